The fraction of sp³-hybridized carbons (Fsp3) is 0.462. The highest BCUT2D eigenvalue weighted by atomic mass is 79.9. The molecular weight excluding hydrogens is 294 g/mol. The second-order valence-electron chi connectivity index (χ2n) is 4.32. The lowest BCUT2D eigenvalue weighted by molar-refractivity contribution is 0.0564. The number of halogens is 1. The Bertz CT molecular complexity index is 445. The smallest absolute Gasteiger partial charge is 0.0863 e. The van der Waals surface area contributed by atoms with E-state index in [-0.39, 0.29) is 0 Å². The van der Waals surface area contributed by atoms with Crippen LogP contribution in [0.2, 0.25) is 0 Å². The molecule has 0 bridgehead atoms. The van der Waals surface area contributed by atoms with Gasteiger partial charge in [-0.15, -0.1) is 0 Å². The van der Waals surface area contributed by atoms with E-state index in [0.717, 1.165) is 47.8 Å². The topological polar surface area (TPSA) is 48.4 Å². The van der Waals surface area contributed by atoms with E-state index in [1.807, 2.05) is 26.1 Å². The second-order valence-corrected chi connectivity index (χ2v) is 5.24. The Hall–Kier alpha value is -1.07. The molecule has 1 heterocycles. The first-order valence-electron chi connectivity index (χ1n) is 6.03. The molecule has 2 rings (SSSR count). The molecular formula is C13H18BrN3O. The van der Waals surface area contributed by atoms with E-state index in [0.29, 0.717) is 5.71 Å². The van der Waals surface area contributed by atoms with Gasteiger partial charge in [0.1, 0.15) is 0 Å². The second kappa shape index (κ2) is 5.71. The van der Waals surface area contributed by atoms with Crippen molar-refractivity contribution in [3.8, 4) is 0 Å². The third-order valence-corrected chi connectivity index (χ3v) is 3.67. The Morgan fingerprint density at radius 1 is 1.39 bits per heavy atom. The van der Waals surface area contributed by atoms with E-state index < -0.39 is 0 Å². The Balaban J connectivity index is 2.31. The minimum absolute atomic E-state index is 0.576. The molecule has 0 saturated carbocycles. The maximum absolute atomic E-state index is 8.35. The van der Waals surface area contributed by atoms with Crippen LogP contribution in [0.15, 0.2) is 33.6 Å². The lowest BCUT2D eigenvalue weighted by Crippen LogP contribution is -2.39. The van der Waals surface area contributed by atoms with Gasteiger partial charge in [-0.1, -0.05) is 15.9 Å². The number of allylic oxidation sites excluding steroid dienone is 5. The third-order valence-electron chi connectivity index (χ3n) is 3.21. The first-order valence-corrected chi connectivity index (χ1v) is 6.82. The lowest BCUT2D eigenvalue weighted by atomic mass is 9.99. The number of hydrogen-bond donors (Lipinski definition) is 2. The van der Waals surface area contributed by atoms with Gasteiger partial charge in [-0.05, 0) is 19.1 Å². The van der Waals surface area contributed by atoms with Crippen molar-refractivity contribution in [3.63, 3.8) is 0 Å². The number of rotatable bonds is 2. The van der Waals surface area contributed by atoms with Crippen molar-refractivity contribution in [2.75, 3.05) is 33.4 Å². The summed E-state index contributed by atoms with van der Waals surface area (Å²) in [5.74, 6) is 0. The highest BCUT2D eigenvalue weighted by molar-refractivity contribution is 9.11. The van der Waals surface area contributed by atoms with Crippen LogP contribution in [0.3, 0.4) is 0 Å². The largest absolute Gasteiger partial charge is 0.391 e. The molecule has 0 aromatic carbocycles. The molecule has 1 saturated heterocycles. The fourth-order valence-electron chi connectivity index (χ4n) is 2.08. The van der Waals surface area contributed by atoms with Gasteiger partial charge in [0, 0.05) is 35.9 Å². The van der Waals surface area contributed by atoms with Crippen molar-refractivity contribution < 1.29 is 4.74 Å². The Kier molecular flexibility index (Phi) is 4.24. The summed E-state index contributed by atoms with van der Waals surface area (Å²) in [6, 6.07) is 0. The van der Waals surface area contributed by atoms with Crippen LogP contribution in [-0.2, 0) is 4.74 Å². The molecule has 1 aliphatic heterocycles. The minimum atomic E-state index is 0.576. The number of ether oxygens (including phenoxy) is 1. The normalized spacial score (nSPS) is 23.5. The van der Waals surface area contributed by atoms with Crippen molar-refractivity contribution in [2.24, 2.45) is 0 Å². The zero-order chi connectivity index (χ0) is 13.1. The van der Waals surface area contributed by atoms with Gasteiger partial charge in [0.2, 0.25) is 0 Å². The molecule has 0 spiro atoms. The van der Waals surface area contributed by atoms with Gasteiger partial charge in [-0.2, -0.15) is 0 Å². The minimum Gasteiger partial charge on any atom is -0.391 e. The van der Waals surface area contributed by atoms with Crippen LogP contribution >= 0.6 is 15.9 Å². The number of nitrogens with one attached hydrogen (secondary N) is 2. The molecule has 0 unspecified atom stereocenters. The van der Waals surface area contributed by atoms with Gasteiger partial charge in [0.25, 0.3) is 0 Å². The average molecular weight is 312 g/mol. The van der Waals surface area contributed by atoms with E-state index in [2.05, 4.69) is 26.1 Å². The molecule has 1 aliphatic carbocycles. The van der Waals surface area contributed by atoms with E-state index in [1.54, 1.807) is 0 Å². The van der Waals surface area contributed by atoms with Crippen LogP contribution in [0.1, 0.15) is 6.92 Å². The summed E-state index contributed by atoms with van der Waals surface area (Å²) in [6.45, 7) is 5.15. The van der Waals surface area contributed by atoms with Crippen LogP contribution < -0.4 is 5.32 Å². The standard InChI is InChI=1S/C13H18BrN3O/c1-9(16-2)11-7-10(14)8-12(13(11)15)17-3-5-18-6-4-17/h7-8,15-16H,3-6H2,1-2H3/b11-9-,15-13?. The van der Waals surface area contributed by atoms with Crippen LogP contribution in [0.25, 0.3) is 0 Å². The van der Waals surface area contributed by atoms with Crippen LogP contribution in [0.4, 0.5) is 0 Å². The highest BCUT2D eigenvalue weighted by Gasteiger charge is 2.23. The van der Waals surface area contributed by atoms with E-state index in [1.165, 1.54) is 0 Å². The quantitative estimate of drug-likeness (QED) is 0.820. The Morgan fingerprint density at radius 3 is 2.67 bits per heavy atom. The van der Waals surface area contributed by atoms with Gasteiger partial charge in [0.15, 0.2) is 0 Å². The van der Waals surface area contributed by atoms with Crippen molar-refractivity contribution in [1.82, 2.24) is 10.2 Å². The molecule has 0 radical (unpaired) electrons. The maximum Gasteiger partial charge on any atom is 0.0863 e. The van der Waals surface area contributed by atoms with Gasteiger partial charge in [-0.25, -0.2) is 0 Å². The summed E-state index contributed by atoms with van der Waals surface area (Å²) >= 11 is 3.53. The van der Waals surface area contributed by atoms with E-state index >= 15 is 0 Å². The molecule has 1 fully saturated rings. The van der Waals surface area contributed by atoms with Crippen molar-refractivity contribution in [3.05, 3.63) is 33.6 Å². The molecule has 5 heteroatoms. The monoisotopic (exact) mass is 311 g/mol. The first-order chi connectivity index (χ1) is 8.63. The van der Waals surface area contributed by atoms with E-state index in [9.17, 15) is 0 Å². The number of nitrogens with zero attached hydrogens (tertiary/aromatic N) is 1. The first kappa shape index (κ1) is 13.4. The zero-order valence-corrected chi connectivity index (χ0v) is 12.3. The molecule has 18 heavy (non-hydrogen) atoms. The third kappa shape index (κ3) is 2.67. The van der Waals surface area contributed by atoms with E-state index in [4.69, 9.17) is 10.1 Å². The summed E-state index contributed by atoms with van der Waals surface area (Å²) in [5.41, 5.74) is 3.49. The Labute approximate surface area is 116 Å². The fourth-order valence-corrected chi connectivity index (χ4v) is 2.52. The lowest BCUT2D eigenvalue weighted by Gasteiger charge is -2.33. The SMILES string of the molecule is CN/C(C)=C1/C=C(Br)C=C(N2CCOCC2)C1=N. The molecule has 0 atom stereocenters. The summed E-state index contributed by atoms with van der Waals surface area (Å²) in [4.78, 5) is 2.21. The zero-order valence-electron chi connectivity index (χ0n) is 10.7. The molecule has 2 N–H and O–H groups in total. The van der Waals surface area contributed by atoms with Gasteiger partial charge < -0.3 is 15.0 Å². The van der Waals surface area contributed by atoms with Crippen molar-refractivity contribution in [2.45, 2.75) is 6.92 Å². The summed E-state index contributed by atoms with van der Waals surface area (Å²) in [6.07, 6.45) is 4.00. The summed E-state index contributed by atoms with van der Waals surface area (Å²) in [5, 5.41) is 11.5. The summed E-state index contributed by atoms with van der Waals surface area (Å²) in [7, 11) is 1.88. The molecule has 0 aromatic rings. The summed E-state index contributed by atoms with van der Waals surface area (Å²) < 4.78 is 6.36. The Morgan fingerprint density at radius 2 is 2.06 bits per heavy atom. The predicted octanol–water partition coefficient (Wildman–Crippen LogP) is 2.01. The number of morpholine rings is 1. The molecule has 2 aliphatic rings. The van der Waals surface area contributed by atoms with Crippen LogP contribution in [0.5, 0.6) is 0 Å². The molecule has 4 nitrogen and oxygen atoms in total. The molecule has 0 aromatic heterocycles. The average Bonchev–Trinajstić information content (AvgIpc) is 2.41. The van der Waals surface area contributed by atoms with Crippen molar-refractivity contribution >= 4 is 21.6 Å². The maximum atomic E-state index is 8.35. The molecule has 0 amide bonds. The molecule has 98 valence electrons. The number of hydrogen-bond acceptors (Lipinski definition) is 4. The van der Waals surface area contributed by atoms with Gasteiger partial charge >= 0.3 is 0 Å². The van der Waals surface area contributed by atoms with Gasteiger partial charge in [-0.3, -0.25) is 5.41 Å². The predicted molar refractivity (Wildman–Crippen MR) is 77.0 cm³/mol. The van der Waals surface area contributed by atoms with Gasteiger partial charge in [0.05, 0.1) is 24.6 Å². The van der Waals surface area contributed by atoms with Crippen LogP contribution in [0, 0.1) is 5.41 Å². The van der Waals surface area contributed by atoms with Crippen molar-refractivity contribution in [1.29, 1.82) is 5.41 Å². The van der Waals surface area contributed by atoms with Crippen LogP contribution in [-0.4, -0.2) is 44.0 Å². The highest BCUT2D eigenvalue weighted by Crippen LogP contribution is 2.27.